The van der Waals surface area contributed by atoms with E-state index in [0.29, 0.717) is 17.3 Å². The molecule has 3 rings (SSSR count). The molecule has 5 heteroatoms. The number of para-hydroxylation sites is 1. The van der Waals surface area contributed by atoms with Crippen LogP contribution in [-0.4, -0.2) is 11.1 Å². The van der Waals surface area contributed by atoms with Crippen molar-refractivity contribution in [3.8, 4) is 5.75 Å². The Kier molecular flexibility index (Phi) is 4.48. The van der Waals surface area contributed by atoms with Crippen LogP contribution in [0.1, 0.15) is 16.7 Å². The number of carbonyl (C=O) groups excluding carboxylic acids is 2. The lowest BCUT2D eigenvalue weighted by molar-refractivity contribution is -0.115. The molecule has 4 nitrogen and oxygen atoms in total. The third-order valence-corrected chi connectivity index (χ3v) is 4.30. The quantitative estimate of drug-likeness (QED) is 0.866. The van der Waals surface area contributed by atoms with Gasteiger partial charge in [-0.2, -0.15) is 0 Å². The molecule has 2 aromatic rings. The number of imide groups is 1. The Morgan fingerprint density at radius 3 is 2.57 bits per heavy atom. The predicted octanol–water partition coefficient (Wildman–Crippen LogP) is 3.90. The number of thioether (sulfide) groups is 1. The third-order valence-electron chi connectivity index (χ3n) is 3.49. The highest BCUT2D eigenvalue weighted by Crippen LogP contribution is 2.29. The summed E-state index contributed by atoms with van der Waals surface area (Å²) < 4.78 is 5.91. The summed E-state index contributed by atoms with van der Waals surface area (Å²) in [4.78, 5) is 23.3. The minimum absolute atomic E-state index is 0.348. The Morgan fingerprint density at radius 2 is 1.83 bits per heavy atom. The zero-order chi connectivity index (χ0) is 16.2. The molecule has 0 saturated carbocycles. The van der Waals surface area contributed by atoms with Gasteiger partial charge in [-0.3, -0.25) is 14.9 Å². The summed E-state index contributed by atoms with van der Waals surface area (Å²) in [6, 6.07) is 15.5. The first-order chi connectivity index (χ1) is 11.1. The van der Waals surface area contributed by atoms with Gasteiger partial charge >= 0.3 is 0 Å². The van der Waals surface area contributed by atoms with Gasteiger partial charge in [-0.05, 0) is 42.0 Å². The topological polar surface area (TPSA) is 55.4 Å². The number of nitrogens with one attached hydrogen (secondary N) is 1. The molecule has 1 aliphatic rings. The second-order valence-electron chi connectivity index (χ2n) is 5.11. The van der Waals surface area contributed by atoms with Gasteiger partial charge in [-0.1, -0.05) is 42.5 Å². The van der Waals surface area contributed by atoms with Crippen molar-refractivity contribution in [1.29, 1.82) is 0 Å². The normalized spacial score (nSPS) is 15.8. The minimum Gasteiger partial charge on any atom is -0.488 e. The minimum atomic E-state index is -0.367. The van der Waals surface area contributed by atoms with Crippen LogP contribution in [0, 0.1) is 6.92 Å². The molecule has 23 heavy (non-hydrogen) atoms. The fraction of sp³-hybridized carbons (Fsp3) is 0.111. The van der Waals surface area contributed by atoms with E-state index in [0.717, 1.165) is 22.9 Å². The van der Waals surface area contributed by atoms with Crippen molar-refractivity contribution in [3.63, 3.8) is 0 Å². The molecule has 0 radical (unpaired) electrons. The Balaban J connectivity index is 1.81. The van der Waals surface area contributed by atoms with E-state index < -0.39 is 0 Å². The molecule has 0 spiro atoms. The molecule has 1 heterocycles. The SMILES string of the molecule is Cc1ccccc1COc1ccccc1/C=C1\SC(=O)NC1=O. The number of ether oxygens (including phenoxy) is 1. The van der Waals surface area contributed by atoms with Gasteiger partial charge in [-0.25, -0.2) is 0 Å². The van der Waals surface area contributed by atoms with Gasteiger partial charge < -0.3 is 4.74 Å². The van der Waals surface area contributed by atoms with Gasteiger partial charge in [0.05, 0.1) is 4.91 Å². The summed E-state index contributed by atoms with van der Waals surface area (Å²) in [6.07, 6.45) is 1.68. The van der Waals surface area contributed by atoms with Crippen LogP contribution in [0.3, 0.4) is 0 Å². The van der Waals surface area contributed by atoms with Gasteiger partial charge in [0.2, 0.25) is 0 Å². The second kappa shape index (κ2) is 6.71. The maximum Gasteiger partial charge on any atom is 0.290 e. The molecular weight excluding hydrogens is 310 g/mol. The predicted molar refractivity (Wildman–Crippen MR) is 91.1 cm³/mol. The van der Waals surface area contributed by atoms with Crippen molar-refractivity contribution in [2.24, 2.45) is 0 Å². The highest BCUT2D eigenvalue weighted by molar-refractivity contribution is 8.18. The van der Waals surface area contributed by atoms with Gasteiger partial charge in [0.15, 0.2) is 0 Å². The molecule has 0 aromatic heterocycles. The van der Waals surface area contributed by atoms with Crippen LogP contribution in [0.5, 0.6) is 5.75 Å². The highest BCUT2D eigenvalue weighted by Gasteiger charge is 2.25. The Morgan fingerprint density at radius 1 is 1.09 bits per heavy atom. The van der Waals surface area contributed by atoms with E-state index >= 15 is 0 Å². The fourth-order valence-electron chi connectivity index (χ4n) is 2.22. The van der Waals surface area contributed by atoms with Crippen LogP contribution in [0.4, 0.5) is 4.79 Å². The lowest BCUT2D eigenvalue weighted by atomic mass is 10.1. The molecular formula is C18H15NO3S. The smallest absolute Gasteiger partial charge is 0.290 e. The Hall–Kier alpha value is -2.53. The lowest BCUT2D eigenvalue weighted by Crippen LogP contribution is -2.17. The molecule has 1 aliphatic heterocycles. The average Bonchev–Trinajstić information content (AvgIpc) is 2.85. The van der Waals surface area contributed by atoms with Crippen LogP contribution in [0.15, 0.2) is 53.4 Å². The number of carbonyl (C=O) groups is 2. The number of aryl methyl sites for hydroxylation is 1. The van der Waals surface area contributed by atoms with Crippen molar-refractivity contribution in [2.75, 3.05) is 0 Å². The zero-order valence-electron chi connectivity index (χ0n) is 12.5. The van der Waals surface area contributed by atoms with E-state index in [1.165, 1.54) is 5.56 Å². The number of rotatable bonds is 4. The average molecular weight is 325 g/mol. The number of benzene rings is 2. The summed E-state index contributed by atoms with van der Waals surface area (Å²) in [7, 11) is 0. The Bertz CT molecular complexity index is 798. The lowest BCUT2D eigenvalue weighted by Gasteiger charge is -2.11. The monoisotopic (exact) mass is 325 g/mol. The van der Waals surface area contributed by atoms with E-state index in [1.807, 2.05) is 55.5 Å². The van der Waals surface area contributed by atoms with Crippen LogP contribution in [-0.2, 0) is 11.4 Å². The van der Waals surface area contributed by atoms with Gasteiger partial charge in [0.1, 0.15) is 12.4 Å². The summed E-state index contributed by atoms with van der Waals surface area (Å²) in [6.45, 7) is 2.49. The maximum atomic E-state index is 11.7. The maximum absolute atomic E-state index is 11.7. The van der Waals surface area contributed by atoms with Crippen molar-refractivity contribution < 1.29 is 14.3 Å². The van der Waals surface area contributed by atoms with Crippen LogP contribution < -0.4 is 10.1 Å². The van der Waals surface area contributed by atoms with Gasteiger partial charge in [0, 0.05) is 5.56 Å². The number of hydrogen-bond donors (Lipinski definition) is 1. The molecule has 0 atom stereocenters. The van der Waals surface area contributed by atoms with Crippen molar-refractivity contribution in [3.05, 3.63) is 70.1 Å². The standard InChI is InChI=1S/C18H15NO3S/c1-12-6-2-3-8-14(12)11-22-15-9-5-4-7-13(15)10-16-17(20)19-18(21)23-16/h2-10H,11H2,1H3,(H,19,20,21)/b16-10-. The van der Waals surface area contributed by atoms with Crippen molar-refractivity contribution in [1.82, 2.24) is 5.32 Å². The highest BCUT2D eigenvalue weighted by atomic mass is 32.2. The summed E-state index contributed by atoms with van der Waals surface area (Å²) in [5.74, 6) is 0.310. The number of hydrogen-bond acceptors (Lipinski definition) is 4. The zero-order valence-corrected chi connectivity index (χ0v) is 13.4. The Labute approximate surface area is 138 Å². The van der Waals surface area contributed by atoms with Gasteiger partial charge in [-0.15, -0.1) is 0 Å². The molecule has 0 bridgehead atoms. The van der Waals surface area contributed by atoms with E-state index in [4.69, 9.17) is 4.74 Å². The van der Waals surface area contributed by atoms with E-state index in [-0.39, 0.29) is 11.1 Å². The summed E-state index contributed by atoms with van der Waals surface area (Å²) >= 11 is 0.900. The second-order valence-corrected chi connectivity index (χ2v) is 6.12. The first-order valence-electron chi connectivity index (χ1n) is 7.14. The van der Waals surface area contributed by atoms with Crippen LogP contribution >= 0.6 is 11.8 Å². The molecule has 1 saturated heterocycles. The van der Waals surface area contributed by atoms with E-state index in [9.17, 15) is 9.59 Å². The summed E-state index contributed by atoms with van der Waals surface area (Å²) in [5, 5.41) is 1.90. The molecule has 1 N–H and O–H groups in total. The molecule has 2 amide bonds. The fourth-order valence-corrected chi connectivity index (χ4v) is 2.89. The van der Waals surface area contributed by atoms with E-state index in [2.05, 4.69) is 5.32 Å². The molecule has 1 fully saturated rings. The largest absolute Gasteiger partial charge is 0.488 e. The van der Waals surface area contributed by atoms with Crippen molar-refractivity contribution >= 4 is 29.0 Å². The van der Waals surface area contributed by atoms with Crippen LogP contribution in [0.2, 0.25) is 0 Å². The molecule has 0 unspecified atom stereocenters. The van der Waals surface area contributed by atoms with Crippen molar-refractivity contribution in [2.45, 2.75) is 13.5 Å². The van der Waals surface area contributed by atoms with Gasteiger partial charge in [0.25, 0.3) is 11.1 Å². The van der Waals surface area contributed by atoms with E-state index in [1.54, 1.807) is 6.08 Å². The van der Waals surface area contributed by atoms with Crippen LogP contribution in [0.25, 0.3) is 6.08 Å². The summed E-state index contributed by atoms with van der Waals surface area (Å²) in [5.41, 5.74) is 3.05. The number of amides is 2. The molecule has 2 aromatic carbocycles. The molecule has 116 valence electrons. The first-order valence-corrected chi connectivity index (χ1v) is 7.96. The molecule has 0 aliphatic carbocycles. The first kappa shape index (κ1) is 15.4. The third kappa shape index (κ3) is 3.63.